The van der Waals surface area contributed by atoms with Gasteiger partial charge in [0.1, 0.15) is 11.4 Å². The Morgan fingerprint density at radius 2 is 2.06 bits per heavy atom. The third-order valence-corrected chi connectivity index (χ3v) is 3.32. The highest BCUT2D eigenvalue weighted by molar-refractivity contribution is 7.92. The molecule has 0 aliphatic rings. The first-order chi connectivity index (χ1) is 8.40. The third-order valence-electron chi connectivity index (χ3n) is 2.56. The molecule has 0 spiro atoms. The van der Waals surface area contributed by atoms with Crippen LogP contribution < -0.4 is 10.5 Å². The van der Waals surface area contributed by atoms with E-state index in [1.165, 1.54) is 0 Å². The highest BCUT2D eigenvalue weighted by Crippen LogP contribution is 2.24. The maximum atomic E-state index is 12.2. The van der Waals surface area contributed by atoms with Gasteiger partial charge in [0.2, 0.25) is 0 Å². The van der Waals surface area contributed by atoms with Crippen LogP contribution in [0.25, 0.3) is 0 Å². The topological polar surface area (TPSA) is 61.1 Å². The second kappa shape index (κ2) is 6.92. The molecule has 0 saturated carbocycles. The maximum absolute atomic E-state index is 12.2. The van der Waals surface area contributed by atoms with Crippen molar-refractivity contribution < 1.29 is 13.3 Å². The first-order valence-electron chi connectivity index (χ1n) is 5.71. The third kappa shape index (κ3) is 4.80. The van der Waals surface area contributed by atoms with E-state index in [0.717, 1.165) is 12.0 Å². The number of nitrogens with two attached hydrogens (primary N) is 1. The fourth-order valence-corrected chi connectivity index (χ4v) is 2.21. The van der Waals surface area contributed by atoms with Crippen molar-refractivity contribution in [2.45, 2.75) is 38.0 Å². The molecule has 0 aromatic heterocycles. The van der Waals surface area contributed by atoms with Gasteiger partial charge in [-0.05, 0) is 37.0 Å². The molecule has 3 unspecified atom stereocenters. The van der Waals surface area contributed by atoms with E-state index in [2.05, 4.69) is 4.72 Å². The van der Waals surface area contributed by atoms with Crippen molar-refractivity contribution in [3.63, 3.8) is 0 Å². The molecular weight excluding hydrogens is 258 g/mol. The molecule has 3 N–H and O–H groups in total. The van der Waals surface area contributed by atoms with E-state index in [1.54, 1.807) is 18.2 Å². The average molecular weight is 276 g/mol. The fraction of sp³-hybridized carbons (Fsp3) is 0.500. The van der Waals surface area contributed by atoms with Crippen molar-refractivity contribution in [1.29, 1.82) is 0 Å². The second-order valence-electron chi connectivity index (χ2n) is 4.40. The summed E-state index contributed by atoms with van der Waals surface area (Å²) in [4.78, 5) is 0. The zero-order valence-electron chi connectivity index (χ0n) is 10.4. The molecule has 0 radical (unpaired) electrons. The van der Waals surface area contributed by atoms with Gasteiger partial charge in [-0.25, -0.2) is 4.72 Å². The number of alkyl halides is 2. The van der Waals surface area contributed by atoms with Gasteiger partial charge in [-0.2, -0.15) is 8.78 Å². The quantitative estimate of drug-likeness (QED) is 0.785. The van der Waals surface area contributed by atoms with Gasteiger partial charge in [0, 0.05) is 6.04 Å². The Kier molecular flexibility index (Phi) is 5.84. The maximum Gasteiger partial charge on any atom is 0.421 e. The molecule has 0 amide bonds. The van der Waals surface area contributed by atoms with Gasteiger partial charge in [0.25, 0.3) is 0 Å². The van der Waals surface area contributed by atoms with Crippen LogP contribution in [0.15, 0.2) is 24.3 Å². The van der Waals surface area contributed by atoms with Gasteiger partial charge in [-0.3, -0.25) is 0 Å². The van der Waals surface area contributed by atoms with Gasteiger partial charge >= 0.3 is 5.76 Å². The van der Waals surface area contributed by atoms with E-state index in [-0.39, 0.29) is 12.0 Å². The van der Waals surface area contributed by atoms with Crippen LogP contribution in [0, 0.1) is 0 Å². The molecule has 1 aromatic rings. The van der Waals surface area contributed by atoms with Crippen LogP contribution in [0.1, 0.15) is 31.7 Å². The summed E-state index contributed by atoms with van der Waals surface area (Å²) in [5.74, 6) is -2.66. The first kappa shape index (κ1) is 15.2. The lowest BCUT2D eigenvalue weighted by Gasteiger charge is -2.16. The van der Waals surface area contributed by atoms with Crippen LogP contribution in [0.5, 0.6) is 0 Å². The Hall–Kier alpha value is -0.850. The van der Waals surface area contributed by atoms with Gasteiger partial charge in [0.15, 0.2) is 0 Å². The number of benzene rings is 1. The van der Waals surface area contributed by atoms with Crippen molar-refractivity contribution >= 4 is 17.0 Å². The molecule has 6 heteroatoms. The van der Waals surface area contributed by atoms with Crippen LogP contribution in [-0.2, 0) is 11.4 Å². The molecule has 3 nitrogen and oxygen atoms in total. The summed E-state index contributed by atoms with van der Waals surface area (Å²) in [7, 11) is 0. The summed E-state index contributed by atoms with van der Waals surface area (Å²) >= 11 is -2.36. The molecule has 0 heterocycles. The summed E-state index contributed by atoms with van der Waals surface area (Å²) in [6.07, 6.45) is 0.807. The Morgan fingerprint density at radius 3 is 2.61 bits per heavy atom. The number of halogens is 2. The molecular formula is C12H18F2N2OS. The second-order valence-corrected chi connectivity index (χ2v) is 5.55. The van der Waals surface area contributed by atoms with Gasteiger partial charge in [0.05, 0.1) is 5.69 Å². The molecule has 0 aliphatic heterocycles. The lowest BCUT2D eigenvalue weighted by Crippen LogP contribution is -2.21. The monoisotopic (exact) mass is 276 g/mol. The van der Waals surface area contributed by atoms with E-state index in [9.17, 15) is 13.3 Å². The van der Waals surface area contributed by atoms with Crippen LogP contribution in [0.2, 0.25) is 0 Å². The smallest absolute Gasteiger partial charge is 0.421 e. The Morgan fingerprint density at radius 1 is 1.39 bits per heavy atom. The number of nitrogens with one attached hydrogen (secondary N) is 1. The number of rotatable bonds is 6. The molecule has 3 atom stereocenters. The minimum absolute atomic E-state index is 0.0758. The summed E-state index contributed by atoms with van der Waals surface area (Å²) in [5.41, 5.74) is 7.15. The van der Waals surface area contributed by atoms with Crippen molar-refractivity contribution in [3.8, 4) is 0 Å². The van der Waals surface area contributed by atoms with Crippen molar-refractivity contribution in [2.75, 3.05) is 4.72 Å². The predicted molar refractivity (Wildman–Crippen MR) is 70.9 cm³/mol. The van der Waals surface area contributed by atoms with Gasteiger partial charge < -0.3 is 10.3 Å². The molecule has 18 heavy (non-hydrogen) atoms. The molecule has 102 valence electrons. The summed E-state index contributed by atoms with van der Waals surface area (Å²) in [6, 6.07) is 7.07. The van der Waals surface area contributed by atoms with Crippen LogP contribution >= 0.6 is 0 Å². The van der Waals surface area contributed by atoms with Gasteiger partial charge in [-0.1, -0.05) is 19.1 Å². The van der Waals surface area contributed by atoms with E-state index >= 15 is 0 Å². The van der Waals surface area contributed by atoms with Crippen LogP contribution in [-0.4, -0.2) is 16.4 Å². The van der Waals surface area contributed by atoms with E-state index in [0.29, 0.717) is 5.69 Å². The van der Waals surface area contributed by atoms with Gasteiger partial charge in [-0.15, -0.1) is 0 Å². The zero-order valence-corrected chi connectivity index (χ0v) is 11.2. The average Bonchev–Trinajstić information content (AvgIpc) is 2.28. The Labute approximate surface area is 109 Å². The number of hydrogen-bond donors (Lipinski definition) is 2. The highest BCUT2D eigenvalue weighted by Gasteiger charge is 2.20. The highest BCUT2D eigenvalue weighted by atomic mass is 32.2. The molecule has 0 bridgehead atoms. The zero-order chi connectivity index (χ0) is 13.7. The lowest BCUT2D eigenvalue weighted by atomic mass is 9.94. The standard InChI is InChI=1S/C12H18F2N2OS/c1-8(6-9(2)15)10-4-3-5-11(7-10)16-18(17)12(13)14/h3-5,7-9,12,16H,6,15H2,1-2H3. The lowest BCUT2D eigenvalue weighted by molar-refractivity contribution is 0.236. The molecule has 1 rings (SSSR count). The summed E-state index contributed by atoms with van der Waals surface area (Å²) in [6.45, 7) is 3.94. The minimum Gasteiger partial charge on any atom is -0.588 e. The molecule has 0 fully saturated rings. The minimum atomic E-state index is -2.89. The molecule has 0 aliphatic carbocycles. The largest absolute Gasteiger partial charge is 0.588 e. The van der Waals surface area contributed by atoms with Crippen molar-refractivity contribution in [2.24, 2.45) is 5.73 Å². The summed E-state index contributed by atoms with van der Waals surface area (Å²) in [5, 5.41) is 0. The first-order valence-corrected chi connectivity index (χ1v) is 6.92. The van der Waals surface area contributed by atoms with Crippen molar-refractivity contribution in [3.05, 3.63) is 29.8 Å². The number of anilines is 1. The van der Waals surface area contributed by atoms with E-state index < -0.39 is 17.1 Å². The van der Waals surface area contributed by atoms with Crippen LogP contribution in [0.4, 0.5) is 14.5 Å². The normalized spacial score (nSPS) is 16.4. The fourth-order valence-electron chi connectivity index (χ4n) is 1.76. The molecule has 0 saturated heterocycles. The predicted octanol–water partition coefficient (Wildman–Crippen LogP) is 2.83. The van der Waals surface area contributed by atoms with Crippen molar-refractivity contribution in [1.82, 2.24) is 0 Å². The Bertz CT molecular complexity index is 377. The van der Waals surface area contributed by atoms with E-state index in [1.807, 2.05) is 19.9 Å². The van der Waals surface area contributed by atoms with Crippen LogP contribution in [0.3, 0.4) is 0 Å². The summed E-state index contributed by atoms with van der Waals surface area (Å²) < 4.78 is 37.6. The Balaban J connectivity index is 2.73. The molecule has 1 aromatic carbocycles. The number of hydrogen-bond acceptors (Lipinski definition) is 3. The van der Waals surface area contributed by atoms with E-state index in [4.69, 9.17) is 5.73 Å². The SMILES string of the molecule is CC(N)CC(C)c1cccc(N[S+]([O-])C(F)F)c1.